The summed E-state index contributed by atoms with van der Waals surface area (Å²) in [5.41, 5.74) is 2.50. The number of benzene rings is 2. The first kappa shape index (κ1) is 18.3. The van der Waals surface area contributed by atoms with Crippen molar-refractivity contribution in [2.75, 3.05) is 5.32 Å². The van der Waals surface area contributed by atoms with Gasteiger partial charge in [-0.3, -0.25) is 9.59 Å². The number of carbonyl (C=O) groups is 2. The Morgan fingerprint density at radius 3 is 2.50 bits per heavy atom. The summed E-state index contributed by atoms with van der Waals surface area (Å²) in [6, 6.07) is 20.1. The molecule has 2 heterocycles. The standard InChI is InChI=1S/C22H16N2O2S2/c25-20(13-18-14-28-22(24-18)19-10-5-11-27-19)23-17-9-4-8-16(12-17)21(26)15-6-2-1-3-7-15/h1-12,14H,13H2,(H,23,25). The zero-order valence-corrected chi connectivity index (χ0v) is 16.4. The van der Waals surface area contributed by atoms with Crippen molar-refractivity contribution in [3.8, 4) is 9.88 Å². The van der Waals surface area contributed by atoms with Crippen LogP contribution >= 0.6 is 22.7 Å². The van der Waals surface area contributed by atoms with Crippen molar-refractivity contribution in [2.45, 2.75) is 6.42 Å². The van der Waals surface area contributed by atoms with E-state index < -0.39 is 0 Å². The van der Waals surface area contributed by atoms with Crippen molar-refractivity contribution < 1.29 is 9.59 Å². The second-order valence-corrected chi connectivity index (χ2v) is 7.93. The molecule has 0 radical (unpaired) electrons. The van der Waals surface area contributed by atoms with Crippen molar-refractivity contribution in [1.29, 1.82) is 0 Å². The molecule has 4 aromatic rings. The monoisotopic (exact) mass is 404 g/mol. The van der Waals surface area contributed by atoms with E-state index in [-0.39, 0.29) is 18.1 Å². The predicted molar refractivity (Wildman–Crippen MR) is 114 cm³/mol. The third kappa shape index (κ3) is 4.24. The van der Waals surface area contributed by atoms with Gasteiger partial charge in [0.1, 0.15) is 5.01 Å². The fourth-order valence-electron chi connectivity index (χ4n) is 2.77. The predicted octanol–water partition coefficient (Wildman–Crippen LogP) is 5.28. The fourth-order valence-corrected chi connectivity index (χ4v) is 4.40. The molecule has 0 aliphatic heterocycles. The van der Waals surface area contributed by atoms with Crippen LogP contribution in [0.5, 0.6) is 0 Å². The van der Waals surface area contributed by atoms with Gasteiger partial charge in [0.25, 0.3) is 0 Å². The van der Waals surface area contributed by atoms with E-state index in [1.807, 2.05) is 41.1 Å². The third-order valence-electron chi connectivity index (χ3n) is 4.07. The lowest BCUT2D eigenvalue weighted by atomic mass is 10.0. The molecular formula is C22H16N2O2S2. The quantitative estimate of drug-likeness (QED) is 0.445. The summed E-state index contributed by atoms with van der Waals surface area (Å²) in [5.74, 6) is -0.232. The molecule has 2 aromatic heterocycles. The first-order valence-corrected chi connectivity index (χ1v) is 10.4. The van der Waals surface area contributed by atoms with Crippen LogP contribution in [0.2, 0.25) is 0 Å². The fraction of sp³-hybridized carbons (Fsp3) is 0.0455. The Labute approximate surface area is 170 Å². The van der Waals surface area contributed by atoms with E-state index in [1.54, 1.807) is 47.7 Å². The van der Waals surface area contributed by atoms with Crippen LogP contribution in [0.1, 0.15) is 21.6 Å². The SMILES string of the molecule is O=C(Cc1csc(-c2cccs2)n1)Nc1cccc(C(=O)c2ccccc2)c1. The molecule has 0 saturated carbocycles. The van der Waals surface area contributed by atoms with E-state index in [2.05, 4.69) is 10.3 Å². The molecule has 0 atom stereocenters. The van der Waals surface area contributed by atoms with Gasteiger partial charge in [0.05, 0.1) is 17.0 Å². The lowest BCUT2D eigenvalue weighted by Crippen LogP contribution is -2.15. The van der Waals surface area contributed by atoms with Gasteiger partial charge in [-0.1, -0.05) is 48.5 Å². The average Bonchev–Trinajstić information content (AvgIpc) is 3.40. The van der Waals surface area contributed by atoms with Crippen molar-refractivity contribution >= 4 is 40.1 Å². The van der Waals surface area contributed by atoms with Gasteiger partial charge < -0.3 is 5.32 Å². The minimum absolute atomic E-state index is 0.0724. The maximum absolute atomic E-state index is 12.6. The highest BCUT2D eigenvalue weighted by Gasteiger charge is 2.12. The molecule has 0 saturated heterocycles. The van der Waals surface area contributed by atoms with E-state index in [4.69, 9.17) is 0 Å². The number of nitrogens with one attached hydrogen (secondary N) is 1. The molecular weight excluding hydrogens is 388 g/mol. The normalized spacial score (nSPS) is 10.6. The Bertz CT molecular complexity index is 1100. The van der Waals surface area contributed by atoms with Gasteiger partial charge in [0, 0.05) is 22.2 Å². The minimum Gasteiger partial charge on any atom is -0.326 e. The van der Waals surface area contributed by atoms with E-state index in [0.717, 1.165) is 15.6 Å². The van der Waals surface area contributed by atoms with Crippen LogP contribution in [0.3, 0.4) is 0 Å². The number of aromatic nitrogens is 1. The van der Waals surface area contributed by atoms with Gasteiger partial charge in [0.2, 0.25) is 5.91 Å². The van der Waals surface area contributed by atoms with Crippen LogP contribution in [0.15, 0.2) is 77.5 Å². The summed E-state index contributed by atoms with van der Waals surface area (Å²) >= 11 is 3.16. The van der Waals surface area contributed by atoms with Gasteiger partial charge in [-0.25, -0.2) is 4.98 Å². The van der Waals surface area contributed by atoms with Gasteiger partial charge in [-0.05, 0) is 23.6 Å². The number of thiophene rings is 1. The van der Waals surface area contributed by atoms with Crippen LogP contribution < -0.4 is 5.32 Å². The molecule has 1 N–H and O–H groups in total. The number of hydrogen-bond donors (Lipinski definition) is 1. The van der Waals surface area contributed by atoms with Crippen LogP contribution in [-0.4, -0.2) is 16.7 Å². The highest BCUT2D eigenvalue weighted by molar-refractivity contribution is 7.20. The maximum atomic E-state index is 12.6. The second kappa shape index (κ2) is 8.29. The first-order chi connectivity index (χ1) is 13.7. The lowest BCUT2D eigenvalue weighted by Gasteiger charge is -2.07. The van der Waals surface area contributed by atoms with E-state index in [0.29, 0.717) is 16.8 Å². The van der Waals surface area contributed by atoms with Crippen molar-refractivity contribution in [2.24, 2.45) is 0 Å². The van der Waals surface area contributed by atoms with Crippen molar-refractivity contribution in [1.82, 2.24) is 4.98 Å². The van der Waals surface area contributed by atoms with E-state index in [9.17, 15) is 9.59 Å². The molecule has 0 fully saturated rings. The summed E-state index contributed by atoms with van der Waals surface area (Å²) in [5, 5.41) is 7.70. The van der Waals surface area contributed by atoms with Crippen LogP contribution in [0, 0.1) is 0 Å². The summed E-state index contributed by atoms with van der Waals surface area (Å²) in [7, 11) is 0. The average molecular weight is 405 g/mol. The summed E-state index contributed by atoms with van der Waals surface area (Å²) in [4.78, 5) is 30.6. The van der Waals surface area contributed by atoms with Gasteiger partial charge in [0.15, 0.2) is 5.78 Å². The highest BCUT2D eigenvalue weighted by Crippen LogP contribution is 2.28. The largest absolute Gasteiger partial charge is 0.326 e. The minimum atomic E-state index is -0.160. The zero-order chi connectivity index (χ0) is 19.3. The van der Waals surface area contributed by atoms with E-state index in [1.165, 1.54) is 11.3 Å². The Kier molecular flexibility index (Phi) is 5.41. The lowest BCUT2D eigenvalue weighted by molar-refractivity contribution is -0.115. The number of amides is 1. The summed E-state index contributed by atoms with van der Waals surface area (Å²) in [6.07, 6.45) is 0.193. The smallest absolute Gasteiger partial charge is 0.230 e. The molecule has 0 spiro atoms. The highest BCUT2D eigenvalue weighted by atomic mass is 32.1. The summed E-state index contributed by atoms with van der Waals surface area (Å²) in [6.45, 7) is 0. The molecule has 2 aromatic carbocycles. The second-order valence-electron chi connectivity index (χ2n) is 6.12. The Hall–Kier alpha value is -3.09. The first-order valence-electron chi connectivity index (χ1n) is 8.67. The maximum Gasteiger partial charge on any atom is 0.230 e. The molecule has 0 aliphatic rings. The van der Waals surface area contributed by atoms with Gasteiger partial charge in [-0.2, -0.15) is 0 Å². The number of thiazole rings is 1. The van der Waals surface area contributed by atoms with Crippen molar-refractivity contribution in [3.63, 3.8) is 0 Å². The molecule has 1 amide bonds. The number of ketones is 1. The summed E-state index contributed by atoms with van der Waals surface area (Å²) < 4.78 is 0. The molecule has 138 valence electrons. The number of hydrogen-bond acceptors (Lipinski definition) is 5. The molecule has 0 unspecified atom stereocenters. The van der Waals surface area contributed by atoms with Crippen LogP contribution in [0.4, 0.5) is 5.69 Å². The van der Waals surface area contributed by atoms with Gasteiger partial charge >= 0.3 is 0 Å². The van der Waals surface area contributed by atoms with Gasteiger partial charge in [-0.15, -0.1) is 22.7 Å². The molecule has 6 heteroatoms. The van der Waals surface area contributed by atoms with E-state index >= 15 is 0 Å². The van der Waals surface area contributed by atoms with Crippen LogP contribution in [0.25, 0.3) is 9.88 Å². The molecule has 4 nitrogen and oxygen atoms in total. The van der Waals surface area contributed by atoms with Crippen molar-refractivity contribution in [3.05, 3.63) is 94.3 Å². The third-order valence-corrected chi connectivity index (χ3v) is 6.00. The molecule has 28 heavy (non-hydrogen) atoms. The molecule has 0 bridgehead atoms. The van der Waals surface area contributed by atoms with Crippen LogP contribution in [-0.2, 0) is 11.2 Å². The Balaban J connectivity index is 1.43. The topological polar surface area (TPSA) is 59.1 Å². The number of nitrogens with zero attached hydrogens (tertiary/aromatic N) is 1. The number of carbonyl (C=O) groups excluding carboxylic acids is 2. The number of rotatable bonds is 6. The zero-order valence-electron chi connectivity index (χ0n) is 14.8. The Morgan fingerprint density at radius 2 is 1.71 bits per heavy atom. The Morgan fingerprint density at radius 1 is 0.893 bits per heavy atom. The molecule has 4 rings (SSSR count). The molecule has 0 aliphatic carbocycles. The number of anilines is 1.